The molecule has 0 N–H and O–H groups in total. The standard InChI is InChI=1S/C5H10OP/c1-5-2-3-7-4-6-5/h7H,2-4H2,1H3/q+1. The second-order valence-electron chi connectivity index (χ2n) is 1.74. The first kappa shape index (κ1) is 5.40. The molecular weight excluding hydrogens is 107 g/mol. The van der Waals surface area contributed by atoms with Crippen LogP contribution in [0.3, 0.4) is 0 Å². The predicted molar refractivity (Wildman–Crippen MR) is 32.7 cm³/mol. The highest BCUT2D eigenvalue weighted by Gasteiger charge is 2.18. The van der Waals surface area contributed by atoms with Gasteiger partial charge in [-0.2, -0.15) is 4.74 Å². The van der Waals surface area contributed by atoms with Crippen LogP contribution in [-0.2, 0) is 4.74 Å². The Kier molecular flexibility index (Phi) is 1.96. The summed E-state index contributed by atoms with van der Waals surface area (Å²) in [7, 11) is 1.04. The van der Waals surface area contributed by atoms with E-state index in [2.05, 4.69) is 6.92 Å². The van der Waals surface area contributed by atoms with Gasteiger partial charge in [0.2, 0.25) is 6.10 Å². The van der Waals surface area contributed by atoms with E-state index in [1.54, 1.807) is 0 Å². The highest BCUT2D eigenvalue weighted by atomic mass is 31.1. The molecule has 0 spiro atoms. The van der Waals surface area contributed by atoms with Crippen LogP contribution in [0.4, 0.5) is 0 Å². The lowest BCUT2D eigenvalue weighted by molar-refractivity contribution is 0.183. The number of rotatable bonds is 0. The third-order valence-corrected chi connectivity index (χ3v) is 2.03. The van der Waals surface area contributed by atoms with Crippen molar-refractivity contribution >= 4 is 8.58 Å². The zero-order chi connectivity index (χ0) is 5.11. The second kappa shape index (κ2) is 2.54. The summed E-state index contributed by atoms with van der Waals surface area (Å²) in [6.45, 7) is 2.06. The molecule has 0 aromatic rings. The van der Waals surface area contributed by atoms with E-state index in [-0.39, 0.29) is 0 Å². The Hall–Kier alpha value is 0.260. The van der Waals surface area contributed by atoms with E-state index in [9.17, 15) is 0 Å². The van der Waals surface area contributed by atoms with Gasteiger partial charge in [0.15, 0.2) is 0 Å². The van der Waals surface area contributed by atoms with Crippen molar-refractivity contribution in [2.45, 2.75) is 13.3 Å². The molecule has 1 heterocycles. The molecule has 0 saturated carbocycles. The molecule has 7 heavy (non-hydrogen) atoms. The highest BCUT2D eigenvalue weighted by molar-refractivity contribution is 7.37. The molecule has 0 aliphatic carbocycles. The minimum atomic E-state index is 0.978. The van der Waals surface area contributed by atoms with Crippen LogP contribution in [0.1, 0.15) is 13.3 Å². The summed E-state index contributed by atoms with van der Waals surface area (Å²) < 4.78 is 5.21. The monoisotopic (exact) mass is 117 g/mol. The van der Waals surface area contributed by atoms with Crippen LogP contribution in [0.2, 0.25) is 0 Å². The van der Waals surface area contributed by atoms with Gasteiger partial charge in [-0.15, -0.1) is 0 Å². The number of hydrogen-bond acceptors (Lipinski definition) is 1. The molecule has 0 aromatic carbocycles. The van der Waals surface area contributed by atoms with E-state index in [1.807, 2.05) is 0 Å². The molecule has 40 valence electrons. The molecule has 0 bridgehead atoms. The van der Waals surface area contributed by atoms with Crippen LogP contribution < -0.4 is 0 Å². The highest BCUT2D eigenvalue weighted by Crippen LogP contribution is 2.24. The summed E-state index contributed by atoms with van der Waals surface area (Å²) in [5.41, 5.74) is 0. The molecular formula is C5H10OP+. The molecule has 1 atom stereocenters. The Morgan fingerprint density at radius 1 is 1.71 bits per heavy atom. The largest absolute Gasteiger partial charge is 0.238 e. The first-order valence-corrected chi connectivity index (χ1v) is 3.97. The quantitative estimate of drug-likeness (QED) is 0.346. The van der Waals surface area contributed by atoms with Crippen LogP contribution >= 0.6 is 8.58 Å². The average Bonchev–Trinajstić information content (AvgIpc) is 1.69. The van der Waals surface area contributed by atoms with Gasteiger partial charge < -0.3 is 0 Å². The summed E-state index contributed by atoms with van der Waals surface area (Å²) in [5.74, 6) is 0. The van der Waals surface area contributed by atoms with Crippen LogP contribution in [0.25, 0.3) is 0 Å². The van der Waals surface area contributed by atoms with E-state index in [0.717, 1.165) is 14.9 Å². The fourth-order valence-corrected chi connectivity index (χ4v) is 1.60. The lowest BCUT2D eigenvalue weighted by Crippen LogP contribution is -2.04. The zero-order valence-electron chi connectivity index (χ0n) is 4.53. The summed E-state index contributed by atoms with van der Waals surface area (Å²) in [4.78, 5) is 0. The van der Waals surface area contributed by atoms with Crippen molar-refractivity contribution in [3.8, 4) is 0 Å². The first-order chi connectivity index (χ1) is 3.39. The average molecular weight is 117 g/mol. The Labute approximate surface area is 46.2 Å². The van der Waals surface area contributed by atoms with Crippen LogP contribution in [0.5, 0.6) is 0 Å². The fraction of sp³-hybridized carbons (Fsp3) is 0.800. The molecule has 0 amide bonds. The molecule has 0 aromatic heterocycles. The minimum Gasteiger partial charge on any atom is -0.190 e. The maximum Gasteiger partial charge on any atom is 0.238 e. The van der Waals surface area contributed by atoms with Crippen molar-refractivity contribution in [1.29, 1.82) is 0 Å². The smallest absolute Gasteiger partial charge is 0.190 e. The van der Waals surface area contributed by atoms with Gasteiger partial charge in [-0.1, -0.05) is 8.58 Å². The minimum absolute atomic E-state index is 0.978. The molecule has 0 radical (unpaired) electrons. The number of ether oxygens (including phenoxy) is 1. The van der Waals surface area contributed by atoms with Crippen molar-refractivity contribution in [3.05, 3.63) is 6.10 Å². The van der Waals surface area contributed by atoms with Gasteiger partial charge in [0.1, 0.15) is 19.7 Å². The Morgan fingerprint density at radius 2 is 2.57 bits per heavy atom. The first-order valence-electron chi connectivity index (χ1n) is 2.55. The van der Waals surface area contributed by atoms with Gasteiger partial charge in [0.05, 0.1) is 0 Å². The molecule has 1 rings (SSSR count). The van der Waals surface area contributed by atoms with Gasteiger partial charge in [0.25, 0.3) is 0 Å². The molecule has 1 aliphatic heterocycles. The predicted octanol–water partition coefficient (Wildman–Crippen LogP) is 1.59. The van der Waals surface area contributed by atoms with Gasteiger partial charge in [-0.05, 0) is 0 Å². The summed E-state index contributed by atoms with van der Waals surface area (Å²) in [6, 6.07) is 0. The third kappa shape index (κ3) is 1.67. The van der Waals surface area contributed by atoms with Crippen molar-refractivity contribution in [2.75, 3.05) is 12.5 Å². The Bertz CT molecular complexity index is 50.0. The summed E-state index contributed by atoms with van der Waals surface area (Å²) in [5, 5.41) is 0. The van der Waals surface area contributed by atoms with Crippen LogP contribution in [-0.4, -0.2) is 12.5 Å². The lowest BCUT2D eigenvalue weighted by Gasteiger charge is -2.05. The number of hydrogen-bond donors (Lipinski definition) is 0. The van der Waals surface area contributed by atoms with Gasteiger partial charge in [-0.3, -0.25) is 0 Å². The maximum absolute atomic E-state index is 5.21. The van der Waals surface area contributed by atoms with Crippen molar-refractivity contribution in [3.63, 3.8) is 0 Å². The van der Waals surface area contributed by atoms with E-state index < -0.39 is 0 Å². The Morgan fingerprint density at radius 3 is 2.86 bits per heavy atom. The molecule has 1 aliphatic rings. The zero-order valence-corrected chi connectivity index (χ0v) is 5.53. The second-order valence-corrected chi connectivity index (χ2v) is 3.03. The van der Waals surface area contributed by atoms with Crippen LogP contribution in [0, 0.1) is 6.10 Å². The topological polar surface area (TPSA) is 9.23 Å². The Balaban J connectivity index is 2.12. The fourth-order valence-electron chi connectivity index (χ4n) is 0.583. The van der Waals surface area contributed by atoms with Crippen molar-refractivity contribution in [1.82, 2.24) is 0 Å². The third-order valence-electron chi connectivity index (χ3n) is 1.07. The van der Waals surface area contributed by atoms with E-state index in [4.69, 9.17) is 4.74 Å². The van der Waals surface area contributed by atoms with E-state index in [0.29, 0.717) is 0 Å². The van der Waals surface area contributed by atoms with Gasteiger partial charge in [-0.25, -0.2) is 0 Å². The van der Waals surface area contributed by atoms with E-state index >= 15 is 0 Å². The lowest BCUT2D eigenvalue weighted by atomic mass is 10.3. The maximum atomic E-state index is 5.21. The van der Waals surface area contributed by atoms with Gasteiger partial charge in [0, 0.05) is 6.16 Å². The van der Waals surface area contributed by atoms with Gasteiger partial charge >= 0.3 is 0 Å². The molecule has 2 heteroatoms. The van der Waals surface area contributed by atoms with Crippen molar-refractivity contribution in [2.24, 2.45) is 0 Å². The molecule has 1 fully saturated rings. The van der Waals surface area contributed by atoms with E-state index in [1.165, 1.54) is 18.7 Å². The summed E-state index contributed by atoms with van der Waals surface area (Å²) >= 11 is 0. The summed E-state index contributed by atoms with van der Waals surface area (Å²) in [6.07, 6.45) is 4.74. The molecule has 1 nitrogen and oxygen atoms in total. The molecule has 1 saturated heterocycles. The molecule has 1 unspecified atom stereocenters. The normalized spacial score (nSPS) is 26.1. The van der Waals surface area contributed by atoms with Crippen LogP contribution in [0.15, 0.2) is 0 Å². The SMILES string of the molecule is C[C+]1CCPCO1. The van der Waals surface area contributed by atoms with Crippen molar-refractivity contribution < 1.29 is 4.74 Å².